The highest BCUT2D eigenvalue weighted by molar-refractivity contribution is 7.08. The minimum Gasteiger partial charge on any atom is -0.377 e. The topological polar surface area (TPSA) is 47.4 Å². The van der Waals surface area contributed by atoms with Crippen molar-refractivity contribution in [1.82, 2.24) is 14.7 Å². The van der Waals surface area contributed by atoms with Crippen LogP contribution in [0.25, 0.3) is 0 Å². The summed E-state index contributed by atoms with van der Waals surface area (Å²) >= 11 is 1.54. The van der Waals surface area contributed by atoms with Crippen LogP contribution in [0, 0.1) is 5.92 Å². The first-order chi connectivity index (χ1) is 10.8. The monoisotopic (exact) mass is 317 g/mol. The van der Waals surface area contributed by atoms with Crippen molar-refractivity contribution in [3.05, 3.63) is 53.0 Å². The zero-order chi connectivity index (χ0) is 15.4. The van der Waals surface area contributed by atoms with Crippen molar-refractivity contribution in [3.63, 3.8) is 0 Å². The van der Waals surface area contributed by atoms with E-state index < -0.39 is 0 Å². The van der Waals surface area contributed by atoms with E-state index in [9.17, 15) is 4.79 Å². The number of aromatic nitrogens is 2. The summed E-state index contributed by atoms with van der Waals surface area (Å²) in [4.78, 5) is 14.6. The van der Waals surface area contributed by atoms with Crippen molar-refractivity contribution in [2.24, 2.45) is 5.92 Å². The van der Waals surface area contributed by atoms with Crippen LogP contribution in [0.4, 0.5) is 0 Å². The van der Waals surface area contributed by atoms with E-state index in [1.165, 1.54) is 0 Å². The molecule has 0 aliphatic carbocycles. The van der Waals surface area contributed by atoms with Gasteiger partial charge in [0.25, 0.3) is 5.91 Å². The molecule has 6 heteroatoms. The maximum absolute atomic E-state index is 12.7. The first-order valence-electron chi connectivity index (χ1n) is 7.28. The minimum atomic E-state index is 0.0737. The Labute approximate surface area is 133 Å². The molecule has 0 saturated heterocycles. The molecule has 3 rings (SSSR count). The Bertz CT molecular complexity index is 636. The van der Waals surface area contributed by atoms with Crippen molar-refractivity contribution >= 4 is 17.2 Å². The molecule has 0 saturated carbocycles. The Kier molecular flexibility index (Phi) is 4.70. The molecule has 5 nitrogen and oxygen atoms in total. The van der Waals surface area contributed by atoms with Crippen LogP contribution in [0.3, 0.4) is 0 Å². The third kappa shape index (κ3) is 3.28. The number of hydrogen-bond acceptors (Lipinski definition) is 4. The van der Waals surface area contributed by atoms with Gasteiger partial charge in [0.2, 0.25) is 0 Å². The molecule has 2 aromatic rings. The van der Waals surface area contributed by atoms with Gasteiger partial charge in [-0.15, -0.1) is 6.58 Å². The Hall–Kier alpha value is -1.92. The Morgan fingerprint density at radius 2 is 2.41 bits per heavy atom. The summed E-state index contributed by atoms with van der Waals surface area (Å²) in [6, 6.07) is 3.85. The van der Waals surface area contributed by atoms with Gasteiger partial charge in [-0.25, -0.2) is 0 Å². The standard InChI is InChI=1S/C16H19N3O2S/c1-2-6-21-11-13-8-18(16(20)14-4-7-22-12-14)10-15-3-5-17-19(15)9-13/h2-5,7,12-13H,1,6,8-11H2/t13-/m1/s1. The molecule has 0 fully saturated rings. The number of carbonyl (C=O) groups is 1. The van der Waals surface area contributed by atoms with Crippen LogP contribution in [0.15, 0.2) is 41.7 Å². The number of rotatable bonds is 5. The Morgan fingerprint density at radius 3 is 3.18 bits per heavy atom. The number of carbonyl (C=O) groups excluding carboxylic acids is 1. The molecule has 0 spiro atoms. The zero-order valence-corrected chi connectivity index (χ0v) is 13.2. The van der Waals surface area contributed by atoms with Crippen molar-refractivity contribution in [2.45, 2.75) is 13.1 Å². The van der Waals surface area contributed by atoms with Gasteiger partial charge in [0.05, 0.1) is 31.0 Å². The van der Waals surface area contributed by atoms with E-state index in [0.717, 1.165) is 17.8 Å². The summed E-state index contributed by atoms with van der Waals surface area (Å²) < 4.78 is 7.57. The Balaban J connectivity index is 1.77. The number of thiophene rings is 1. The molecule has 1 aliphatic rings. The van der Waals surface area contributed by atoms with Gasteiger partial charge < -0.3 is 9.64 Å². The lowest BCUT2D eigenvalue weighted by atomic mass is 10.1. The van der Waals surface area contributed by atoms with Crippen molar-refractivity contribution < 1.29 is 9.53 Å². The van der Waals surface area contributed by atoms with Gasteiger partial charge in [-0.3, -0.25) is 9.48 Å². The summed E-state index contributed by atoms with van der Waals surface area (Å²) in [7, 11) is 0. The molecule has 22 heavy (non-hydrogen) atoms. The fourth-order valence-corrected chi connectivity index (χ4v) is 3.31. The highest BCUT2D eigenvalue weighted by Gasteiger charge is 2.26. The van der Waals surface area contributed by atoms with Crippen LogP contribution >= 0.6 is 11.3 Å². The lowest BCUT2D eigenvalue weighted by Gasteiger charge is -2.23. The zero-order valence-electron chi connectivity index (χ0n) is 12.4. The highest BCUT2D eigenvalue weighted by Crippen LogP contribution is 2.19. The summed E-state index contributed by atoms with van der Waals surface area (Å²) in [6.07, 6.45) is 3.53. The van der Waals surface area contributed by atoms with E-state index in [-0.39, 0.29) is 11.8 Å². The van der Waals surface area contributed by atoms with Crippen LogP contribution < -0.4 is 0 Å². The summed E-state index contributed by atoms with van der Waals surface area (Å²) in [5, 5.41) is 8.18. The molecule has 1 amide bonds. The molecule has 0 bridgehead atoms. The maximum atomic E-state index is 12.7. The molecule has 0 N–H and O–H groups in total. The Morgan fingerprint density at radius 1 is 1.50 bits per heavy atom. The number of fused-ring (bicyclic) bond motifs is 1. The molecule has 0 unspecified atom stereocenters. The first-order valence-corrected chi connectivity index (χ1v) is 8.23. The predicted molar refractivity (Wildman–Crippen MR) is 85.8 cm³/mol. The van der Waals surface area contributed by atoms with Gasteiger partial charge in [0.15, 0.2) is 0 Å². The van der Waals surface area contributed by atoms with Crippen LogP contribution in [-0.4, -0.2) is 40.3 Å². The quantitative estimate of drug-likeness (QED) is 0.628. The average Bonchev–Trinajstić information content (AvgIpc) is 3.16. The van der Waals surface area contributed by atoms with Gasteiger partial charge in [0.1, 0.15) is 0 Å². The molecule has 3 heterocycles. The molecule has 0 aromatic carbocycles. The van der Waals surface area contributed by atoms with E-state index in [1.54, 1.807) is 23.6 Å². The van der Waals surface area contributed by atoms with Gasteiger partial charge >= 0.3 is 0 Å². The van der Waals surface area contributed by atoms with Crippen LogP contribution in [0.1, 0.15) is 16.1 Å². The normalized spacial score (nSPS) is 17.8. The third-order valence-electron chi connectivity index (χ3n) is 3.71. The maximum Gasteiger partial charge on any atom is 0.255 e. The van der Waals surface area contributed by atoms with Crippen molar-refractivity contribution in [2.75, 3.05) is 19.8 Å². The van der Waals surface area contributed by atoms with Crippen LogP contribution in [-0.2, 0) is 17.8 Å². The van der Waals surface area contributed by atoms with Gasteiger partial charge in [-0.1, -0.05) is 6.08 Å². The molecular weight excluding hydrogens is 298 g/mol. The molecule has 116 valence electrons. The number of ether oxygens (including phenoxy) is 1. The van der Waals surface area contributed by atoms with E-state index in [2.05, 4.69) is 11.7 Å². The number of hydrogen-bond donors (Lipinski definition) is 0. The second-order valence-electron chi connectivity index (χ2n) is 5.39. The van der Waals surface area contributed by atoms with E-state index >= 15 is 0 Å². The second-order valence-corrected chi connectivity index (χ2v) is 6.17. The van der Waals surface area contributed by atoms with Crippen LogP contribution in [0.2, 0.25) is 0 Å². The largest absolute Gasteiger partial charge is 0.377 e. The van der Waals surface area contributed by atoms with E-state index in [1.807, 2.05) is 32.5 Å². The van der Waals surface area contributed by atoms with Gasteiger partial charge in [0, 0.05) is 30.6 Å². The molecule has 1 aliphatic heterocycles. The first kappa shape index (κ1) is 15.0. The van der Waals surface area contributed by atoms with E-state index in [0.29, 0.717) is 26.3 Å². The van der Waals surface area contributed by atoms with Crippen molar-refractivity contribution in [3.8, 4) is 0 Å². The summed E-state index contributed by atoms with van der Waals surface area (Å²) in [6.45, 7) is 6.82. The number of amides is 1. The van der Waals surface area contributed by atoms with Crippen LogP contribution in [0.5, 0.6) is 0 Å². The lowest BCUT2D eigenvalue weighted by Crippen LogP contribution is -2.35. The molecule has 2 aromatic heterocycles. The molecule has 0 radical (unpaired) electrons. The smallest absolute Gasteiger partial charge is 0.255 e. The predicted octanol–water partition coefficient (Wildman–Crippen LogP) is 2.42. The summed E-state index contributed by atoms with van der Waals surface area (Å²) in [5.74, 6) is 0.299. The minimum absolute atomic E-state index is 0.0737. The SMILES string of the molecule is C=CCOC[C@@H]1CN(C(=O)c2ccsc2)Cc2ccnn2C1. The third-order valence-corrected chi connectivity index (χ3v) is 4.39. The van der Waals surface area contributed by atoms with Gasteiger partial charge in [-0.2, -0.15) is 16.4 Å². The molecular formula is C16H19N3O2S. The number of nitrogens with zero attached hydrogens (tertiary/aromatic N) is 3. The van der Waals surface area contributed by atoms with Gasteiger partial charge in [-0.05, 0) is 17.5 Å². The molecule has 1 atom stereocenters. The lowest BCUT2D eigenvalue weighted by molar-refractivity contribution is 0.0637. The fraction of sp³-hybridized carbons (Fsp3) is 0.375. The van der Waals surface area contributed by atoms with Crippen molar-refractivity contribution in [1.29, 1.82) is 0 Å². The average molecular weight is 317 g/mol. The summed E-state index contributed by atoms with van der Waals surface area (Å²) in [5.41, 5.74) is 1.82. The highest BCUT2D eigenvalue weighted by atomic mass is 32.1. The van der Waals surface area contributed by atoms with E-state index in [4.69, 9.17) is 4.74 Å². The fourth-order valence-electron chi connectivity index (χ4n) is 2.68. The second kappa shape index (κ2) is 6.89.